The van der Waals surface area contributed by atoms with Crippen molar-refractivity contribution in [2.45, 2.75) is 33.7 Å². The molecule has 0 aliphatic carbocycles. The van der Waals surface area contributed by atoms with E-state index in [0.29, 0.717) is 16.9 Å². The summed E-state index contributed by atoms with van der Waals surface area (Å²) in [5, 5.41) is 2.95. The number of hydrogen-bond donors (Lipinski definition) is 1. The monoisotopic (exact) mass is 285 g/mol. The van der Waals surface area contributed by atoms with E-state index >= 15 is 0 Å². The van der Waals surface area contributed by atoms with E-state index in [1.54, 1.807) is 13.8 Å². The van der Waals surface area contributed by atoms with E-state index in [-0.39, 0.29) is 11.9 Å². The van der Waals surface area contributed by atoms with Crippen LogP contribution in [0.5, 0.6) is 0 Å². The summed E-state index contributed by atoms with van der Waals surface area (Å²) in [4.78, 5) is 23.7. The van der Waals surface area contributed by atoms with Crippen LogP contribution in [0, 0.1) is 20.8 Å². The number of nitrogens with one attached hydrogen (secondary N) is 1. The Morgan fingerprint density at radius 2 is 1.81 bits per heavy atom. The van der Waals surface area contributed by atoms with Crippen LogP contribution in [0.15, 0.2) is 39.5 Å². The smallest absolute Gasteiger partial charge is 0.336 e. The van der Waals surface area contributed by atoms with Gasteiger partial charge in [-0.2, -0.15) is 0 Å². The van der Waals surface area contributed by atoms with Gasteiger partial charge in [-0.3, -0.25) is 4.79 Å². The van der Waals surface area contributed by atoms with E-state index < -0.39 is 5.63 Å². The summed E-state index contributed by atoms with van der Waals surface area (Å²) in [5.41, 5.74) is 2.80. The Morgan fingerprint density at radius 1 is 1.14 bits per heavy atom. The van der Waals surface area contributed by atoms with Gasteiger partial charge in [0.25, 0.3) is 5.91 Å². The van der Waals surface area contributed by atoms with E-state index in [4.69, 9.17) is 4.42 Å². The molecule has 110 valence electrons. The van der Waals surface area contributed by atoms with Gasteiger partial charge in [0.2, 0.25) is 0 Å². The molecule has 1 N–H and O–H groups in total. The van der Waals surface area contributed by atoms with Crippen LogP contribution in [-0.4, -0.2) is 5.91 Å². The first kappa shape index (κ1) is 15.0. The summed E-state index contributed by atoms with van der Waals surface area (Å²) in [6, 6.07) is 9.13. The summed E-state index contributed by atoms with van der Waals surface area (Å²) in [7, 11) is 0. The molecule has 0 saturated carbocycles. The zero-order chi connectivity index (χ0) is 15.6. The molecule has 0 radical (unpaired) electrons. The molecular weight excluding hydrogens is 266 g/mol. The molecule has 2 aromatic rings. The molecule has 1 aromatic carbocycles. The third-order valence-electron chi connectivity index (χ3n) is 3.56. The van der Waals surface area contributed by atoms with Crippen LogP contribution in [-0.2, 0) is 0 Å². The second kappa shape index (κ2) is 5.95. The second-order valence-corrected chi connectivity index (χ2v) is 5.23. The minimum absolute atomic E-state index is 0.121. The fourth-order valence-corrected chi connectivity index (χ4v) is 2.52. The molecule has 1 unspecified atom stereocenters. The van der Waals surface area contributed by atoms with Gasteiger partial charge in [0.15, 0.2) is 0 Å². The van der Waals surface area contributed by atoms with Gasteiger partial charge in [-0.15, -0.1) is 0 Å². The maximum atomic E-state index is 12.4. The number of hydrogen-bond acceptors (Lipinski definition) is 3. The fourth-order valence-electron chi connectivity index (χ4n) is 2.52. The van der Waals surface area contributed by atoms with Crippen molar-refractivity contribution in [3.05, 3.63) is 68.8 Å². The first-order chi connectivity index (χ1) is 9.90. The molecule has 1 aromatic heterocycles. The molecule has 0 aliphatic rings. The quantitative estimate of drug-likeness (QED) is 0.943. The van der Waals surface area contributed by atoms with E-state index in [9.17, 15) is 9.59 Å². The van der Waals surface area contributed by atoms with Crippen molar-refractivity contribution in [2.24, 2.45) is 0 Å². The maximum absolute atomic E-state index is 12.4. The zero-order valence-electron chi connectivity index (χ0n) is 12.7. The van der Waals surface area contributed by atoms with E-state index in [1.807, 2.05) is 38.1 Å². The van der Waals surface area contributed by atoms with Crippen LogP contribution >= 0.6 is 0 Å². The van der Waals surface area contributed by atoms with Crippen molar-refractivity contribution in [3.63, 3.8) is 0 Å². The van der Waals surface area contributed by atoms with E-state index in [0.717, 1.165) is 11.1 Å². The number of rotatable bonds is 3. The summed E-state index contributed by atoms with van der Waals surface area (Å²) in [6.07, 6.45) is 0. The summed E-state index contributed by atoms with van der Waals surface area (Å²) < 4.78 is 5.00. The first-order valence-corrected chi connectivity index (χ1v) is 6.88. The first-order valence-electron chi connectivity index (χ1n) is 6.88. The molecule has 1 amide bonds. The topological polar surface area (TPSA) is 59.3 Å². The van der Waals surface area contributed by atoms with Crippen LogP contribution in [0.2, 0.25) is 0 Å². The minimum atomic E-state index is -0.437. The predicted molar refractivity (Wildman–Crippen MR) is 81.5 cm³/mol. The average molecular weight is 285 g/mol. The molecular formula is C17H19NO3. The van der Waals surface area contributed by atoms with Gasteiger partial charge in [-0.05, 0) is 44.4 Å². The number of carbonyl (C=O) groups excluding carboxylic acids is 1. The molecule has 0 bridgehead atoms. The van der Waals surface area contributed by atoms with E-state index in [2.05, 4.69) is 5.32 Å². The Bertz CT molecular complexity index is 705. The van der Waals surface area contributed by atoms with Crippen LogP contribution < -0.4 is 10.9 Å². The Kier molecular flexibility index (Phi) is 4.26. The zero-order valence-corrected chi connectivity index (χ0v) is 12.7. The predicted octanol–water partition coefficient (Wildman–Crippen LogP) is 3.06. The van der Waals surface area contributed by atoms with Gasteiger partial charge in [0.05, 0.1) is 11.6 Å². The summed E-state index contributed by atoms with van der Waals surface area (Å²) >= 11 is 0. The SMILES string of the molecule is Cc1ccccc1C(C)NC(=O)c1c(C)cc(=O)oc1C. The number of amides is 1. The molecule has 0 aliphatic heterocycles. The van der Waals surface area contributed by atoms with Gasteiger partial charge >= 0.3 is 5.63 Å². The van der Waals surface area contributed by atoms with Gasteiger partial charge in [-0.1, -0.05) is 24.3 Å². The minimum Gasteiger partial charge on any atom is -0.427 e. The maximum Gasteiger partial charge on any atom is 0.336 e. The van der Waals surface area contributed by atoms with Crippen molar-refractivity contribution in [3.8, 4) is 0 Å². The number of aryl methyl sites for hydroxylation is 3. The molecule has 1 atom stereocenters. The lowest BCUT2D eigenvalue weighted by Crippen LogP contribution is -2.29. The van der Waals surface area contributed by atoms with E-state index in [1.165, 1.54) is 6.07 Å². The Hall–Kier alpha value is -2.36. The highest BCUT2D eigenvalue weighted by molar-refractivity contribution is 5.96. The molecule has 4 nitrogen and oxygen atoms in total. The van der Waals surface area contributed by atoms with Gasteiger partial charge in [-0.25, -0.2) is 4.79 Å². The lowest BCUT2D eigenvalue weighted by atomic mass is 10.0. The van der Waals surface area contributed by atoms with Gasteiger partial charge in [0.1, 0.15) is 5.76 Å². The van der Waals surface area contributed by atoms with Crippen molar-refractivity contribution >= 4 is 5.91 Å². The molecule has 21 heavy (non-hydrogen) atoms. The van der Waals surface area contributed by atoms with Crippen LogP contribution in [0.4, 0.5) is 0 Å². The van der Waals surface area contributed by atoms with Crippen LogP contribution in [0.25, 0.3) is 0 Å². The van der Waals surface area contributed by atoms with Crippen molar-refractivity contribution in [2.75, 3.05) is 0 Å². The summed E-state index contributed by atoms with van der Waals surface area (Å²) in [6.45, 7) is 7.30. The lowest BCUT2D eigenvalue weighted by molar-refractivity contribution is 0.0935. The molecule has 0 fully saturated rings. The third kappa shape index (κ3) is 3.21. The van der Waals surface area contributed by atoms with Crippen LogP contribution in [0.1, 0.15) is 45.8 Å². The Morgan fingerprint density at radius 3 is 2.43 bits per heavy atom. The number of benzene rings is 1. The largest absolute Gasteiger partial charge is 0.427 e. The van der Waals surface area contributed by atoms with Crippen molar-refractivity contribution in [1.29, 1.82) is 0 Å². The highest BCUT2D eigenvalue weighted by Crippen LogP contribution is 2.18. The van der Waals surface area contributed by atoms with Crippen molar-refractivity contribution < 1.29 is 9.21 Å². The number of carbonyl (C=O) groups is 1. The van der Waals surface area contributed by atoms with Gasteiger partial charge in [0, 0.05) is 6.07 Å². The van der Waals surface area contributed by atoms with Crippen LogP contribution in [0.3, 0.4) is 0 Å². The van der Waals surface area contributed by atoms with Crippen molar-refractivity contribution in [1.82, 2.24) is 5.32 Å². The highest BCUT2D eigenvalue weighted by Gasteiger charge is 2.18. The normalized spacial score (nSPS) is 12.0. The molecule has 2 rings (SSSR count). The third-order valence-corrected chi connectivity index (χ3v) is 3.56. The molecule has 0 spiro atoms. The Balaban J connectivity index is 2.27. The molecule has 1 heterocycles. The molecule has 0 saturated heterocycles. The second-order valence-electron chi connectivity index (χ2n) is 5.23. The lowest BCUT2D eigenvalue weighted by Gasteiger charge is -2.17. The van der Waals surface area contributed by atoms with Gasteiger partial charge < -0.3 is 9.73 Å². The standard InChI is InChI=1S/C17H19NO3/c1-10-7-5-6-8-14(10)12(3)18-17(20)16-11(2)9-15(19)21-13(16)4/h5-9,12H,1-4H3,(H,18,20). The highest BCUT2D eigenvalue weighted by atomic mass is 16.4. The fraction of sp³-hybridized carbons (Fsp3) is 0.294. The summed E-state index contributed by atoms with van der Waals surface area (Å²) in [5.74, 6) is 0.110. The average Bonchev–Trinajstić information content (AvgIpc) is 2.37. The molecule has 4 heteroatoms. The Labute approximate surface area is 123 Å².